The Labute approximate surface area is 165 Å². The van der Waals surface area contributed by atoms with Gasteiger partial charge in [-0.05, 0) is 62.4 Å². The fourth-order valence-electron chi connectivity index (χ4n) is 3.42. The first kappa shape index (κ1) is 22.3. The Kier molecular flexibility index (Phi) is 8.89. The SMILES string of the molecule is CN=C(NCCc1ccc(OC)cc1)NCCC1CCN(CC(F)(F)F)CC1. The van der Waals surface area contributed by atoms with Crippen LogP contribution in [-0.4, -0.2) is 63.9 Å². The van der Waals surface area contributed by atoms with Gasteiger partial charge in [0.15, 0.2) is 5.96 Å². The van der Waals surface area contributed by atoms with Gasteiger partial charge < -0.3 is 15.4 Å². The fourth-order valence-corrected chi connectivity index (χ4v) is 3.42. The molecule has 0 aliphatic carbocycles. The highest BCUT2D eigenvalue weighted by Gasteiger charge is 2.32. The topological polar surface area (TPSA) is 48.9 Å². The molecule has 0 saturated carbocycles. The number of hydrogen-bond donors (Lipinski definition) is 2. The highest BCUT2D eigenvalue weighted by molar-refractivity contribution is 5.79. The summed E-state index contributed by atoms with van der Waals surface area (Å²) in [5.74, 6) is 2.07. The number of methoxy groups -OCH3 is 1. The summed E-state index contributed by atoms with van der Waals surface area (Å²) < 4.78 is 42.5. The second-order valence-electron chi connectivity index (χ2n) is 7.15. The minimum Gasteiger partial charge on any atom is -0.497 e. The van der Waals surface area contributed by atoms with Crippen molar-refractivity contribution in [2.75, 3.05) is 46.9 Å². The minimum absolute atomic E-state index is 0.467. The largest absolute Gasteiger partial charge is 0.497 e. The first-order valence-electron chi connectivity index (χ1n) is 9.76. The van der Waals surface area contributed by atoms with Crippen LogP contribution in [-0.2, 0) is 6.42 Å². The number of benzene rings is 1. The quantitative estimate of drug-likeness (QED) is 0.520. The number of nitrogens with zero attached hydrogens (tertiary/aromatic N) is 2. The Morgan fingerprint density at radius 1 is 1.14 bits per heavy atom. The molecule has 0 bridgehead atoms. The van der Waals surface area contributed by atoms with Crippen molar-refractivity contribution in [3.63, 3.8) is 0 Å². The molecule has 1 fully saturated rings. The zero-order valence-corrected chi connectivity index (χ0v) is 16.7. The number of halogens is 3. The summed E-state index contributed by atoms with van der Waals surface area (Å²) in [4.78, 5) is 5.73. The highest BCUT2D eigenvalue weighted by atomic mass is 19.4. The molecule has 158 valence electrons. The van der Waals surface area contributed by atoms with Crippen LogP contribution >= 0.6 is 0 Å². The summed E-state index contributed by atoms with van der Waals surface area (Å²) >= 11 is 0. The number of rotatable bonds is 8. The maximum absolute atomic E-state index is 12.4. The van der Waals surface area contributed by atoms with Gasteiger partial charge in [-0.1, -0.05) is 12.1 Å². The van der Waals surface area contributed by atoms with Crippen molar-refractivity contribution in [2.45, 2.75) is 31.9 Å². The van der Waals surface area contributed by atoms with E-state index >= 15 is 0 Å². The smallest absolute Gasteiger partial charge is 0.401 e. The van der Waals surface area contributed by atoms with E-state index in [1.165, 1.54) is 10.5 Å². The van der Waals surface area contributed by atoms with E-state index in [1.54, 1.807) is 14.2 Å². The van der Waals surface area contributed by atoms with E-state index in [2.05, 4.69) is 15.6 Å². The monoisotopic (exact) mass is 400 g/mol. The minimum atomic E-state index is -4.10. The molecule has 0 amide bonds. The Morgan fingerprint density at radius 2 is 1.79 bits per heavy atom. The van der Waals surface area contributed by atoms with Crippen molar-refractivity contribution in [2.24, 2.45) is 10.9 Å². The average molecular weight is 400 g/mol. The highest BCUT2D eigenvalue weighted by Crippen LogP contribution is 2.23. The number of likely N-dealkylation sites (tertiary alicyclic amines) is 1. The summed E-state index contributed by atoms with van der Waals surface area (Å²) in [6, 6.07) is 7.98. The number of alkyl halides is 3. The molecule has 0 spiro atoms. The third kappa shape index (κ3) is 8.37. The number of nitrogens with one attached hydrogen (secondary N) is 2. The lowest BCUT2D eigenvalue weighted by molar-refractivity contribution is -0.148. The standard InChI is InChI=1S/C20H31F3N4O/c1-24-19(25-11-7-16-3-5-18(28-2)6-4-16)26-12-8-17-9-13-27(14-10-17)15-20(21,22)23/h3-6,17H,7-15H2,1-2H3,(H2,24,25,26). The summed E-state index contributed by atoms with van der Waals surface area (Å²) in [5, 5.41) is 6.59. The molecule has 1 saturated heterocycles. The van der Waals surface area contributed by atoms with Crippen molar-refractivity contribution in [3.8, 4) is 5.75 Å². The van der Waals surface area contributed by atoms with E-state index < -0.39 is 12.7 Å². The van der Waals surface area contributed by atoms with Crippen LogP contribution in [0.5, 0.6) is 5.75 Å². The van der Waals surface area contributed by atoms with Gasteiger partial charge in [0.2, 0.25) is 0 Å². The summed E-state index contributed by atoms with van der Waals surface area (Å²) in [5.41, 5.74) is 1.22. The Bertz CT molecular complexity index is 596. The first-order valence-corrected chi connectivity index (χ1v) is 9.76. The molecule has 8 heteroatoms. The van der Waals surface area contributed by atoms with E-state index in [9.17, 15) is 13.2 Å². The predicted molar refractivity (Wildman–Crippen MR) is 106 cm³/mol. The molecule has 1 heterocycles. The molecule has 0 unspecified atom stereocenters. The maximum atomic E-state index is 12.4. The van der Waals surface area contributed by atoms with Crippen molar-refractivity contribution in [1.82, 2.24) is 15.5 Å². The van der Waals surface area contributed by atoms with E-state index in [4.69, 9.17) is 4.74 Å². The van der Waals surface area contributed by atoms with Gasteiger partial charge in [0, 0.05) is 20.1 Å². The van der Waals surface area contributed by atoms with E-state index in [0.29, 0.717) is 19.0 Å². The lowest BCUT2D eigenvalue weighted by atomic mass is 9.93. The van der Waals surface area contributed by atoms with Crippen LogP contribution in [0.1, 0.15) is 24.8 Å². The summed E-state index contributed by atoms with van der Waals surface area (Å²) in [7, 11) is 3.39. The molecule has 1 aromatic carbocycles. The van der Waals surface area contributed by atoms with Gasteiger partial charge in [0.1, 0.15) is 5.75 Å². The molecular formula is C20H31F3N4O. The molecular weight excluding hydrogens is 369 g/mol. The molecule has 1 aliphatic heterocycles. The van der Waals surface area contributed by atoms with E-state index in [1.807, 2.05) is 24.3 Å². The van der Waals surface area contributed by atoms with Crippen molar-refractivity contribution in [3.05, 3.63) is 29.8 Å². The van der Waals surface area contributed by atoms with Crippen LogP contribution in [0.25, 0.3) is 0 Å². The molecule has 2 N–H and O–H groups in total. The second kappa shape index (κ2) is 11.1. The number of guanidine groups is 1. The number of piperidine rings is 1. The second-order valence-corrected chi connectivity index (χ2v) is 7.15. The van der Waals surface area contributed by atoms with Gasteiger partial charge in [-0.3, -0.25) is 9.89 Å². The molecule has 5 nitrogen and oxygen atoms in total. The van der Waals surface area contributed by atoms with Crippen molar-refractivity contribution >= 4 is 5.96 Å². The summed E-state index contributed by atoms with van der Waals surface area (Å²) in [6.45, 7) is 1.80. The molecule has 0 aromatic heterocycles. The van der Waals surface area contributed by atoms with E-state index in [-0.39, 0.29) is 0 Å². The molecule has 28 heavy (non-hydrogen) atoms. The van der Waals surface area contributed by atoms with Gasteiger partial charge in [-0.15, -0.1) is 0 Å². The third-order valence-electron chi connectivity index (χ3n) is 5.04. The normalized spacial score (nSPS) is 16.8. The van der Waals surface area contributed by atoms with Gasteiger partial charge in [-0.25, -0.2) is 0 Å². The molecule has 1 aromatic rings. The molecule has 2 rings (SSSR count). The van der Waals surface area contributed by atoms with E-state index in [0.717, 1.165) is 50.5 Å². The van der Waals surface area contributed by atoms with Crippen LogP contribution in [0.4, 0.5) is 13.2 Å². The van der Waals surface area contributed by atoms with Gasteiger partial charge in [-0.2, -0.15) is 13.2 Å². The fraction of sp³-hybridized carbons (Fsp3) is 0.650. The molecule has 0 radical (unpaired) electrons. The maximum Gasteiger partial charge on any atom is 0.401 e. The zero-order chi connectivity index (χ0) is 20.4. The zero-order valence-electron chi connectivity index (χ0n) is 16.7. The number of hydrogen-bond acceptors (Lipinski definition) is 3. The molecule has 1 aliphatic rings. The third-order valence-corrected chi connectivity index (χ3v) is 5.04. The van der Waals surface area contributed by atoms with Gasteiger partial charge >= 0.3 is 6.18 Å². The summed E-state index contributed by atoms with van der Waals surface area (Å²) in [6.07, 6.45) is -0.637. The molecule has 0 atom stereocenters. The van der Waals surface area contributed by atoms with Crippen LogP contribution < -0.4 is 15.4 Å². The Balaban J connectivity index is 1.59. The van der Waals surface area contributed by atoms with Crippen molar-refractivity contribution < 1.29 is 17.9 Å². The lowest BCUT2D eigenvalue weighted by Gasteiger charge is -2.32. The van der Waals surface area contributed by atoms with Crippen LogP contribution in [0.3, 0.4) is 0 Å². The Morgan fingerprint density at radius 3 is 2.36 bits per heavy atom. The van der Waals surface area contributed by atoms with Crippen LogP contribution in [0, 0.1) is 5.92 Å². The first-order chi connectivity index (χ1) is 13.4. The van der Waals surface area contributed by atoms with Crippen LogP contribution in [0.15, 0.2) is 29.3 Å². The number of ether oxygens (including phenoxy) is 1. The van der Waals surface area contributed by atoms with Gasteiger partial charge in [0.25, 0.3) is 0 Å². The average Bonchev–Trinajstić information content (AvgIpc) is 2.67. The van der Waals surface area contributed by atoms with Gasteiger partial charge in [0.05, 0.1) is 13.7 Å². The van der Waals surface area contributed by atoms with Crippen LogP contribution in [0.2, 0.25) is 0 Å². The lowest BCUT2D eigenvalue weighted by Crippen LogP contribution is -2.42. The predicted octanol–water partition coefficient (Wildman–Crippen LogP) is 3.07. The number of aliphatic imine (C=N–C) groups is 1. The Hall–Kier alpha value is -1.96. The van der Waals surface area contributed by atoms with Crippen molar-refractivity contribution in [1.29, 1.82) is 0 Å².